The van der Waals surface area contributed by atoms with Gasteiger partial charge >= 0.3 is 6.18 Å². The van der Waals surface area contributed by atoms with Crippen molar-refractivity contribution in [2.75, 3.05) is 46.3 Å². The molecule has 1 aromatic carbocycles. The molecule has 0 spiro atoms. The quantitative estimate of drug-likeness (QED) is 0.202. The Morgan fingerprint density at radius 3 is 2.19 bits per heavy atom. The molecule has 1 aromatic heterocycles. The fourth-order valence-electron chi connectivity index (χ4n) is 2.54. The Morgan fingerprint density at radius 1 is 1.06 bits per heavy atom. The van der Waals surface area contributed by atoms with Crippen LogP contribution in [0.4, 0.5) is 18.9 Å². The molecular weight excluding hydrogens is 544 g/mol. The van der Waals surface area contributed by atoms with Crippen LogP contribution in [0.3, 0.4) is 0 Å². The zero-order valence-electron chi connectivity index (χ0n) is 18.1. The number of anilines is 1. The van der Waals surface area contributed by atoms with Crippen molar-refractivity contribution in [3.05, 3.63) is 36.0 Å². The second-order valence-electron chi connectivity index (χ2n) is 6.03. The van der Waals surface area contributed by atoms with Gasteiger partial charge < -0.3 is 29.6 Å². The number of halogens is 4. The SMILES string of the molecule is CCNC(=NCCOc1ccc(C(F)(F)F)cn1)Nc1cc(OC)c(OC)c(OC)c1.I. The molecule has 2 aromatic rings. The van der Waals surface area contributed by atoms with Crippen LogP contribution in [0.15, 0.2) is 35.5 Å². The maximum Gasteiger partial charge on any atom is 0.417 e. The van der Waals surface area contributed by atoms with E-state index >= 15 is 0 Å². The fourth-order valence-corrected chi connectivity index (χ4v) is 2.54. The van der Waals surface area contributed by atoms with E-state index in [-0.39, 0.29) is 43.0 Å². The molecule has 0 unspecified atom stereocenters. The van der Waals surface area contributed by atoms with E-state index in [1.165, 1.54) is 27.4 Å². The van der Waals surface area contributed by atoms with Crippen molar-refractivity contribution < 1.29 is 32.1 Å². The van der Waals surface area contributed by atoms with E-state index in [4.69, 9.17) is 18.9 Å². The van der Waals surface area contributed by atoms with Gasteiger partial charge in [-0.2, -0.15) is 13.2 Å². The number of benzene rings is 1. The Kier molecular flexibility index (Phi) is 11.2. The Morgan fingerprint density at radius 2 is 1.72 bits per heavy atom. The second kappa shape index (κ2) is 13.0. The van der Waals surface area contributed by atoms with Gasteiger partial charge in [-0.05, 0) is 13.0 Å². The number of ether oxygens (including phenoxy) is 4. The Hall–Kier alpha value is -2.64. The monoisotopic (exact) mass is 570 g/mol. The first-order chi connectivity index (χ1) is 14.8. The van der Waals surface area contributed by atoms with Crippen LogP contribution in [0, 0.1) is 0 Å². The van der Waals surface area contributed by atoms with Gasteiger partial charge in [-0.15, -0.1) is 24.0 Å². The lowest BCUT2D eigenvalue weighted by molar-refractivity contribution is -0.137. The number of nitrogens with zero attached hydrogens (tertiary/aromatic N) is 2. The van der Waals surface area contributed by atoms with Gasteiger partial charge in [0.05, 0.1) is 33.4 Å². The van der Waals surface area contributed by atoms with Gasteiger partial charge in [0, 0.05) is 36.6 Å². The number of alkyl halides is 3. The third-order valence-corrected chi connectivity index (χ3v) is 3.95. The van der Waals surface area contributed by atoms with E-state index in [9.17, 15) is 13.2 Å². The first-order valence-corrected chi connectivity index (χ1v) is 9.33. The summed E-state index contributed by atoms with van der Waals surface area (Å²) in [5, 5.41) is 6.22. The lowest BCUT2D eigenvalue weighted by Gasteiger charge is -2.16. The number of hydrogen-bond donors (Lipinski definition) is 2. The number of guanidine groups is 1. The van der Waals surface area contributed by atoms with Gasteiger partial charge in [-0.25, -0.2) is 9.98 Å². The van der Waals surface area contributed by atoms with Crippen molar-refractivity contribution >= 4 is 35.6 Å². The van der Waals surface area contributed by atoms with Gasteiger partial charge in [0.1, 0.15) is 6.61 Å². The standard InChI is InChI=1S/C20H25F3N4O4.HI/c1-5-24-19(27-14-10-15(28-2)18(30-4)16(11-14)29-3)25-8-9-31-17-7-6-13(12-26-17)20(21,22)23;/h6-7,10-12H,5,8-9H2,1-4H3,(H2,24,25,27);1H. The minimum absolute atomic E-state index is 0. The Bertz CT molecular complexity index is 855. The minimum atomic E-state index is -4.44. The van der Waals surface area contributed by atoms with Crippen LogP contribution in [-0.4, -0.2) is 52.0 Å². The maximum absolute atomic E-state index is 12.6. The maximum atomic E-state index is 12.6. The van der Waals surface area contributed by atoms with Crippen molar-refractivity contribution in [1.82, 2.24) is 10.3 Å². The van der Waals surface area contributed by atoms with Crippen LogP contribution in [0.2, 0.25) is 0 Å². The first-order valence-electron chi connectivity index (χ1n) is 9.33. The zero-order valence-corrected chi connectivity index (χ0v) is 20.4. The van der Waals surface area contributed by atoms with Gasteiger partial charge in [0.25, 0.3) is 0 Å². The highest BCUT2D eigenvalue weighted by Gasteiger charge is 2.30. The molecule has 0 amide bonds. The van der Waals surface area contributed by atoms with Crippen molar-refractivity contribution in [2.45, 2.75) is 13.1 Å². The lowest BCUT2D eigenvalue weighted by Crippen LogP contribution is -2.31. The van der Waals surface area contributed by atoms with E-state index in [0.717, 1.165) is 12.3 Å². The summed E-state index contributed by atoms with van der Waals surface area (Å²) in [7, 11) is 4.56. The predicted octanol–water partition coefficient (Wildman–Crippen LogP) is 4.20. The highest BCUT2D eigenvalue weighted by atomic mass is 127. The summed E-state index contributed by atoms with van der Waals surface area (Å²) < 4.78 is 59.0. The molecule has 0 aliphatic rings. The van der Waals surface area contributed by atoms with Crippen LogP contribution in [0.1, 0.15) is 12.5 Å². The molecule has 0 saturated heterocycles. The summed E-state index contributed by atoms with van der Waals surface area (Å²) >= 11 is 0. The Labute approximate surface area is 201 Å². The molecular formula is C20H26F3IN4O4. The summed E-state index contributed by atoms with van der Waals surface area (Å²) in [6, 6.07) is 5.56. The van der Waals surface area contributed by atoms with Crippen molar-refractivity contribution in [1.29, 1.82) is 0 Å². The molecule has 1 heterocycles. The van der Waals surface area contributed by atoms with E-state index < -0.39 is 11.7 Å². The number of rotatable bonds is 9. The topological polar surface area (TPSA) is 86.2 Å². The Balaban J connectivity index is 0.00000512. The van der Waals surface area contributed by atoms with Crippen molar-refractivity contribution in [2.24, 2.45) is 4.99 Å². The summed E-state index contributed by atoms with van der Waals surface area (Å²) in [4.78, 5) is 8.04. The smallest absolute Gasteiger partial charge is 0.417 e. The van der Waals surface area contributed by atoms with Gasteiger partial charge in [-0.1, -0.05) is 0 Å². The zero-order chi connectivity index (χ0) is 22.9. The fraction of sp³-hybridized carbons (Fsp3) is 0.400. The highest BCUT2D eigenvalue weighted by Crippen LogP contribution is 2.39. The third kappa shape index (κ3) is 7.80. The molecule has 0 aliphatic heterocycles. The number of aliphatic imine (C=N–C) groups is 1. The largest absolute Gasteiger partial charge is 0.493 e. The second-order valence-corrected chi connectivity index (χ2v) is 6.03. The third-order valence-electron chi connectivity index (χ3n) is 3.95. The summed E-state index contributed by atoms with van der Waals surface area (Å²) in [6.45, 7) is 2.89. The van der Waals surface area contributed by atoms with Gasteiger partial charge in [0.2, 0.25) is 11.6 Å². The van der Waals surface area contributed by atoms with Gasteiger partial charge in [-0.3, -0.25) is 0 Å². The van der Waals surface area contributed by atoms with E-state index in [0.29, 0.717) is 35.4 Å². The highest BCUT2D eigenvalue weighted by molar-refractivity contribution is 14.0. The molecule has 0 fully saturated rings. The average molecular weight is 570 g/mol. The summed E-state index contributed by atoms with van der Waals surface area (Å²) in [5.41, 5.74) is -0.179. The molecule has 12 heteroatoms. The lowest BCUT2D eigenvalue weighted by atomic mass is 10.2. The molecule has 32 heavy (non-hydrogen) atoms. The molecule has 178 valence electrons. The average Bonchev–Trinajstić information content (AvgIpc) is 2.75. The summed E-state index contributed by atoms with van der Waals surface area (Å²) in [6.07, 6.45) is -3.70. The number of hydrogen-bond acceptors (Lipinski definition) is 6. The number of aromatic nitrogens is 1. The van der Waals surface area contributed by atoms with Crippen LogP contribution >= 0.6 is 24.0 Å². The first kappa shape index (κ1) is 27.4. The normalized spacial score (nSPS) is 11.3. The molecule has 0 bridgehead atoms. The van der Waals surface area contributed by atoms with Gasteiger partial charge in [0.15, 0.2) is 17.5 Å². The van der Waals surface area contributed by atoms with E-state index in [1.54, 1.807) is 12.1 Å². The molecule has 0 radical (unpaired) electrons. The predicted molar refractivity (Wildman–Crippen MR) is 126 cm³/mol. The minimum Gasteiger partial charge on any atom is -0.493 e. The molecule has 0 aliphatic carbocycles. The molecule has 0 saturated carbocycles. The van der Waals surface area contributed by atoms with Crippen LogP contribution < -0.4 is 29.6 Å². The number of nitrogens with one attached hydrogen (secondary N) is 2. The molecule has 2 N–H and O–H groups in total. The molecule has 0 atom stereocenters. The van der Waals surface area contributed by atoms with Crippen molar-refractivity contribution in [3.8, 4) is 23.1 Å². The van der Waals surface area contributed by atoms with E-state index in [2.05, 4.69) is 20.6 Å². The number of pyridine rings is 1. The van der Waals surface area contributed by atoms with Crippen LogP contribution in [0.25, 0.3) is 0 Å². The molecule has 8 nitrogen and oxygen atoms in total. The molecule has 2 rings (SSSR count). The van der Waals surface area contributed by atoms with Crippen LogP contribution in [0.5, 0.6) is 23.1 Å². The summed E-state index contributed by atoms with van der Waals surface area (Å²) in [5.74, 6) is 2.00. The van der Waals surface area contributed by atoms with Crippen LogP contribution in [-0.2, 0) is 6.18 Å². The number of methoxy groups -OCH3 is 3. The van der Waals surface area contributed by atoms with Crippen molar-refractivity contribution in [3.63, 3.8) is 0 Å². The van der Waals surface area contributed by atoms with E-state index in [1.807, 2.05) is 6.92 Å².